The molecule has 0 aromatic heterocycles. The van der Waals surface area contributed by atoms with Gasteiger partial charge in [0.05, 0.1) is 6.10 Å². The van der Waals surface area contributed by atoms with E-state index in [1.165, 1.54) is 0 Å². The predicted molar refractivity (Wildman–Crippen MR) is 54.8 cm³/mol. The van der Waals surface area contributed by atoms with Gasteiger partial charge in [0, 0.05) is 6.42 Å². The zero-order valence-electron chi connectivity index (χ0n) is 8.97. The van der Waals surface area contributed by atoms with Crippen LogP contribution < -0.4 is 0 Å². The van der Waals surface area contributed by atoms with Gasteiger partial charge in [0.15, 0.2) is 5.60 Å². The van der Waals surface area contributed by atoms with Crippen molar-refractivity contribution >= 4 is 0 Å². The van der Waals surface area contributed by atoms with E-state index in [0.29, 0.717) is 0 Å². The van der Waals surface area contributed by atoms with Crippen LogP contribution in [0.4, 0.5) is 0 Å². The van der Waals surface area contributed by atoms with E-state index in [9.17, 15) is 5.11 Å². The molecule has 0 aromatic carbocycles. The van der Waals surface area contributed by atoms with Gasteiger partial charge >= 0.3 is 0 Å². The van der Waals surface area contributed by atoms with Gasteiger partial charge in [-0.05, 0) is 32.6 Å². The predicted octanol–water partition coefficient (Wildman–Crippen LogP) is 1.86. The van der Waals surface area contributed by atoms with Gasteiger partial charge in [-0.1, -0.05) is 12.8 Å². The molecule has 3 atom stereocenters. The van der Waals surface area contributed by atoms with Crippen LogP contribution in [0, 0.1) is 11.8 Å². The molecule has 3 unspecified atom stereocenters. The molecule has 1 aliphatic heterocycles. The van der Waals surface area contributed by atoms with Crippen LogP contribution in [0.25, 0.3) is 0 Å². The number of rotatable bonds is 2. The standard InChI is InChI=1S/C12H18O2/c1-3-4-5-8-11(2,13)12-9-6-7-10(12)14-12/h10,13H,3-4,6-7,9H2,1-2H3. The van der Waals surface area contributed by atoms with Crippen LogP contribution >= 0.6 is 0 Å². The molecule has 1 N–H and O–H groups in total. The summed E-state index contributed by atoms with van der Waals surface area (Å²) in [6.07, 6.45) is 5.39. The molecule has 0 amide bonds. The van der Waals surface area contributed by atoms with Gasteiger partial charge in [-0.15, -0.1) is 5.92 Å². The Bertz CT molecular complexity index is 284. The Morgan fingerprint density at radius 3 is 2.93 bits per heavy atom. The van der Waals surface area contributed by atoms with E-state index in [1.807, 2.05) is 0 Å². The summed E-state index contributed by atoms with van der Waals surface area (Å²) in [5.41, 5.74) is -1.25. The second-order valence-electron chi connectivity index (χ2n) is 4.51. The van der Waals surface area contributed by atoms with Crippen LogP contribution in [0.5, 0.6) is 0 Å². The van der Waals surface area contributed by atoms with Gasteiger partial charge in [-0.2, -0.15) is 0 Å². The molecule has 1 heterocycles. The van der Waals surface area contributed by atoms with Crippen molar-refractivity contribution in [1.82, 2.24) is 0 Å². The second kappa shape index (κ2) is 3.25. The molecular formula is C12H18O2. The average Bonchev–Trinajstić information content (AvgIpc) is 2.71. The SMILES string of the molecule is CCCC#CC(C)(O)C12CCCC1O2. The summed E-state index contributed by atoms with van der Waals surface area (Å²) in [5, 5.41) is 10.2. The quantitative estimate of drug-likeness (QED) is 0.537. The number of hydrogen-bond donors (Lipinski definition) is 1. The molecule has 14 heavy (non-hydrogen) atoms. The maximum atomic E-state index is 10.2. The molecule has 0 radical (unpaired) electrons. The fraction of sp³-hybridized carbons (Fsp3) is 0.833. The topological polar surface area (TPSA) is 32.8 Å². The van der Waals surface area contributed by atoms with Crippen molar-refractivity contribution in [2.24, 2.45) is 0 Å². The average molecular weight is 194 g/mol. The van der Waals surface area contributed by atoms with E-state index in [0.717, 1.165) is 32.1 Å². The van der Waals surface area contributed by atoms with Crippen molar-refractivity contribution < 1.29 is 9.84 Å². The molecule has 2 nitrogen and oxygen atoms in total. The molecule has 2 heteroatoms. The summed E-state index contributed by atoms with van der Waals surface area (Å²) in [5.74, 6) is 5.99. The van der Waals surface area contributed by atoms with Gasteiger partial charge in [-0.3, -0.25) is 0 Å². The highest BCUT2D eigenvalue weighted by atomic mass is 16.6. The Labute approximate surface area is 85.6 Å². The third-order valence-corrected chi connectivity index (χ3v) is 3.36. The van der Waals surface area contributed by atoms with E-state index in [4.69, 9.17) is 4.74 Å². The van der Waals surface area contributed by atoms with Crippen LogP contribution in [-0.4, -0.2) is 22.4 Å². The first kappa shape index (κ1) is 10.0. The van der Waals surface area contributed by atoms with E-state index in [2.05, 4.69) is 18.8 Å². The molecule has 2 rings (SSSR count). The number of aliphatic hydroxyl groups is 1. The first-order valence-electron chi connectivity index (χ1n) is 5.52. The molecule has 2 fully saturated rings. The Kier molecular flexibility index (Phi) is 2.33. The summed E-state index contributed by atoms with van der Waals surface area (Å²) in [7, 11) is 0. The second-order valence-corrected chi connectivity index (χ2v) is 4.51. The molecule has 1 aliphatic carbocycles. The third kappa shape index (κ3) is 1.36. The monoisotopic (exact) mass is 194 g/mol. The lowest BCUT2D eigenvalue weighted by molar-refractivity contribution is 0.0238. The molecule has 0 aromatic rings. The minimum atomic E-state index is -0.941. The first-order chi connectivity index (χ1) is 6.62. The summed E-state index contributed by atoms with van der Waals surface area (Å²) < 4.78 is 5.58. The molecule has 1 saturated heterocycles. The molecule has 0 spiro atoms. The summed E-state index contributed by atoms with van der Waals surface area (Å²) in [6, 6.07) is 0. The van der Waals surface area contributed by atoms with Crippen LogP contribution in [0.15, 0.2) is 0 Å². The van der Waals surface area contributed by atoms with E-state index < -0.39 is 5.60 Å². The summed E-state index contributed by atoms with van der Waals surface area (Å²) in [4.78, 5) is 0. The van der Waals surface area contributed by atoms with Crippen molar-refractivity contribution in [1.29, 1.82) is 0 Å². The summed E-state index contributed by atoms with van der Waals surface area (Å²) in [6.45, 7) is 3.88. The van der Waals surface area contributed by atoms with Crippen molar-refractivity contribution in [3.8, 4) is 11.8 Å². The zero-order valence-corrected chi connectivity index (χ0v) is 8.97. The normalized spacial score (nSPS) is 38.1. The lowest BCUT2D eigenvalue weighted by Gasteiger charge is -2.23. The van der Waals surface area contributed by atoms with Crippen LogP contribution in [0.1, 0.15) is 46.0 Å². The highest BCUT2D eigenvalue weighted by Gasteiger charge is 2.68. The Morgan fingerprint density at radius 1 is 1.64 bits per heavy atom. The van der Waals surface area contributed by atoms with E-state index >= 15 is 0 Å². The highest BCUT2D eigenvalue weighted by molar-refractivity contribution is 5.29. The Balaban J connectivity index is 2.06. The smallest absolute Gasteiger partial charge is 0.153 e. The van der Waals surface area contributed by atoms with Crippen LogP contribution in [0.2, 0.25) is 0 Å². The highest BCUT2D eigenvalue weighted by Crippen LogP contribution is 2.55. The lowest BCUT2D eigenvalue weighted by atomic mass is 9.87. The van der Waals surface area contributed by atoms with Gasteiger partial charge < -0.3 is 9.84 Å². The van der Waals surface area contributed by atoms with Gasteiger partial charge in [0.2, 0.25) is 0 Å². The minimum absolute atomic E-state index is 0.272. The van der Waals surface area contributed by atoms with Crippen molar-refractivity contribution in [3.63, 3.8) is 0 Å². The van der Waals surface area contributed by atoms with Crippen molar-refractivity contribution in [2.75, 3.05) is 0 Å². The maximum absolute atomic E-state index is 10.2. The molecule has 78 valence electrons. The van der Waals surface area contributed by atoms with Crippen molar-refractivity contribution in [3.05, 3.63) is 0 Å². The number of hydrogen-bond acceptors (Lipinski definition) is 2. The zero-order chi connectivity index (χ0) is 10.2. The Hall–Kier alpha value is -0.520. The van der Waals surface area contributed by atoms with Crippen LogP contribution in [-0.2, 0) is 4.74 Å². The molecule has 2 aliphatic rings. The largest absolute Gasteiger partial charge is 0.375 e. The fourth-order valence-electron chi connectivity index (χ4n) is 2.42. The summed E-state index contributed by atoms with van der Waals surface area (Å²) >= 11 is 0. The third-order valence-electron chi connectivity index (χ3n) is 3.36. The molecular weight excluding hydrogens is 176 g/mol. The number of epoxide rings is 1. The minimum Gasteiger partial charge on any atom is -0.375 e. The van der Waals surface area contributed by atoms with Crippen LogP contribution in [0.3, 0.4) is 0 Å². The molecule has 1 saturated carbocycles. The van der Waals surface area contributed by atoms with Gasteiger partial charge in [-0.25, -0.2) is 0 Å². The van der Waals surface area contributed by atoms with Crippen molar-refractivity contribution in [2.45, 2.75) is 63.3 Å². The molecule has 0 bridgehead atoms. The van der Waals surface area contributed by atoms with E-state index in [1.54, 1.807) is 6.92 Å². The lowest BCUT2D eigenvalue weighted by Crippen LogP contribution is -2.41. The van der Waals surface area contributed by atoms with E-state index in [-0.39, 0.29) is 11.7 Å². The van der Waals surface area contributed by atoms with Gasteiger partial charge in [0.1, 0.15) is 5.60 Å². The Morgan fingerprint density at radius 2 is 2.43 bits per heavy atom. The first-order valence-corrected chi connectivity index (χ1v) is 5.52. The number of unbranched alkanes of at least 4 members (excludes halogenated alkanes) is 1. The number of fused-ring (bicyclic) bond motifs is 1. The van der Waals surface area contributed by atoms with Gasteiger partial charge in [0.25, 0.3) is 0 Å². The maximum Gasteiger partial charge on any atom is 0.153 e. The number of ether oxygens (including phenoxy) is 1. The fourth-order valence-corrected chi connectivity index (χ4v) is 2.42.